The Morgan fingerprint density at radius 3 is 2.91 bits per heavy atom. The monoisotopic (exact) mass is 316 g/mol. The largest absolute Gasteiger partial charge is 0.389 e. The maximum absolute atomic E-state index is 12.3. The summed E-state index contributed by atoms with van der Waals surface area (Å²) in [4.78, 5) is 17.4. The molecule has 0 spiro atoms. The van der Waals surface area contributed by atoms with Crippen molar-refractivity contribution in [2.45, 2.75) is 45.6 Å². The van der Waals surface area contributed by atoms with E-state index in [9.17, 15) is 9.90 Å². The van der Waals surface area contributed by atoms with Gasteiger partial charge in [0.15, 0.2) is 0 Å². The number of nitrogens with zero attached hydrogens (tertiary/aromatic N) is 1. The Morgan fingerprint density at radius 1 is 1.39 bits per heavy atom. The maximum atomic E-state index is 12.3. The average Bonchev–Trinajstić information content (AvgIpc) is 2.80. The molecule has 1 aliphatic rings. The first-order valence-corrected chi connectivity index (χ1v) is 8.11. The summed E-state index contributed by atoms with van der Waals surface area (Å²) >= 11 is 0. The fourth-order valence-corrected chi connectivity index (χ4v) is 3.23. The Morgan fingerprint density at radius 2 is 2.17 bits per heavy atom. The van der Waals surface area contributed by atoms with Crippen molar-refractivity contribution >= 4 is 10.9 Å². The van der Waals surface area contributed by atoms with Crippen molar-refractivity contribution in [3.05, 3.63) is 45.7 Å². The molecule has 1 aliphatic heterocycles. The van der Waals surface area contributed by atoms with Gasteiger partial charge < -0.3 is 14.8 Å². The smallest absolute Gasteiger partial charge is 0.252 e. The van der Waals surface area contributed by atoms with Gasteiger partial charge in [-0.2, -0.15) is 0 Å². The predicted molar refractivity (Wildman–Crippen MR) is 90.6 cm³/mol. The van der Waals surface area contributed by atoms with E-state index in [1.165, 1.54) is 0 Å². The zero-order chi connectivity index (χ0) is 16.6. The highest BCUT2D eigenvalue weighted by atomic mass is 16.5. The minimum absolute atomic E-state index is 0.0606. The van der Waals surface area contributed by atoms with E-state index in [1.54, 1.807) is 0 Å². The van der Waals surface area contributed by atoms with Gasteiger partial charge in [-0.1, -0.05) is 18.2 Å². The second-order valence-corrected chi connectivity index (χ2v) is 6.65. The molecule has 0 aliphatic carbocycles. The number of likely N-dealkylation sites (tertiary alicyclic amines) is 1. The molecule has 5 nitrogen and oxygen atoms in total. The number of para-hydroxylation sites is 1. The number of β-amino-alcohol motifs (C(OH)–C–C–N with tert-alkyl or cyclic N) is 1. The molecule has 2 heterocycles. The maximum Gasteiger partial charge on any atom is 0.252 e. The minimum Gasteiger partial charge on any atom is -0.389 e. The molecule has 1 fully saturated rings. The highest BCUT2D eigenvalue weighted by Gasteiger charge is 2.32. The number of benzene rings is 1. The molecule has 0 bridgehead atoms. The van der Waals surface area contributed by atoms with E-state index in [4.69, 9.17) is 4.74 Å². The minimum atomic E-state index is -0.501. The van der Waals surface area contributed by atoms with Crippen LogP contribution in [0.4, 0.5) is 0 Å². The summed E-state index contributed by atoms with van der Waals surface area (Å²) in [5, 5.41) is 11.1. The van der Waals surface area contributed by atoms with Crippen LogP contribution in [0.5, 0.6) is 0 Å². The van der Waals surface area contributed by atoms with Crippen LogP contribution in [-0.4, -0.2) is 46.4 Å². The lowest BCUT2D eigenvalue weighted by Gasteiger charge is -2.18. The summed E-state index contributed by atoms with van der Waals surface area (Å²) in [7, 11) is 0. The van der Waals surface area contributed by atoms with Crippen LogP contribution in [0, 0.1) is 6.92 Å². The van der Waals surface area contributed by atoms with E-state index in [2.05, 4.69) is 9.88 Å². The van der Waals surface area contributed by atoms with Gasteiger partial charge in [0.05, 0.1) is 23.8 Å². The number of hydrogen-bond acceptors (Lipinski definition) is 4. The molecule has 124 valence electrons. The summed E-state index contributed by atoms with van der Waals surface area (Å²) in [6.45, 7) is 7.61. The molecule has 0 saturated carbocycles. The molecule has 2 N–H and O–H groups in total. The van der Waals surface area contributed by atoms with Crippen LogP contribution in [0.15, 0.2) is 29.1 Å². The van der Waals surface area contributed by atoms with Crippen LogP contribution in [0.25, 0.3) is 10.9 Å². The summed E-state index contributed by atoms with van der Waals surface area (Å²) < 4.78 is 5.73. The van der Waals surface area contributed by atoms with Crippen LogP contribution >= 0.6 is 0 Å². The van der Waals surface area contributed by atoms with Crippen molar-refractivity contribution in [2.24, 2.45) is 0 Å². The van der Waals surface area contributed by atoms with E-state index in [1.807, 2.05) is 45.0 Å². The number of aryl methyl sites for hydroxylation is 1. The van der Waals surface area contributed by atoms with Gasteiger partial charge in [0.2, 0.25) is 0 Å². The number of hydrogen-bond donors (Lipinski definition) is 2. The van der Waals surface area contributed by atoms with Gasteiger partial charge in [-0.05, 0) is 37.8 Å². The number of aliphatic hydroxyl groups is 1. The standard InChI is InChI=1S/C18H24N2O3/c1-11(2)23-16-10-20(9-15(16)21)8-14-7-13-6-4-5-12(3)17(13)19-18(14)22/h4-7,11,15-16,21H,8-10H2,1-3H3,(H,19,22)/t15-,16-/m0/s1. The van der Waals surface area contributed by atoms with Crippen molar-refractivity contribution in [2.75, 3.05) is 13.1 Å². The summed E-state index contributed by atoms with van der Waals surface area (Å²) in [6, 6.07) is 7.93. The second-order valence-electron chi connectivity index (χ2n) is 6.65. The number of aromatic amines is 1. The molecular weight excluding hydrogens is 292 g/mol. The lowest BCUT2D eigenvalue weighted by molar-refractivity contribution is -0.0396. The van der Waals surface area contributed by atoms with Crippen LogP contribution in [0.1, 0.15) is 25.0 Å². The lowest BCUT2D eigenvalue weighted by atomic mass is 10.1. The Hall–Kier alpha value is -1.69. The molecule has 1 saturated heterocycles. The van der Waals surface area contributed by atoms with Crippen molar-refractivity contribution in [1.29, 1.82) is 0 Å². The van der Waals surface area contributed by atoms with Gasteiger partial charge in [-0.25, -0.2) is 0 Å². The van der Waals surface area contributed by atoms with Gasteiger partial charge in [-0.3, -0.25) is 9.69 Å². The van der Waals surface area contributed by atoms with E-state index in [0.717, 1.165) is 22.0 Å². The highest BCUT2D eigenvalue weighted by molar-refractivity contribution is 5.81. The molecule has 3 rings (SSSR count). The van der Waals surface area contributed by atoms with Gasteiger partial charge in [0.25, 0.3) is 5.56 Å². The third kappa shape index (κ3) is 3.47. The number of rotatable bonds is 4. The zero-order valence-corrected chi connectivity index (χ0v) is 13.9. The molecule has 0 amide bonds. The average molecular weight is 316 g/mol. The fourth-order valence-electron chi connectivity index (χ4n) is 3.23. The molecular formula is C18H24N2O3. The number of nitrogens with one attached hydrogen (secondary N) is 1. The summed E-state index contributed by atoms with van der Waals surface area (Å²) in [6.07, 6.45) is -0.599. The molecule has 23 heavy (non-hydrogen) atoms. The quantitative estimate of drug-likeness (QED) is 0.903. The molecule has 0 unspecified atom stereocenters. The molecule has 1 aromatic heterocycles. The summed E-state index contributed by atoms with van der Waals surface area (Å²) in [5.74, 6) is 0. The van der Waals surface area contributed by atoms with Crippen LogP contribution in [0.3, 0.4) is 0 Å². The van der Waals surface area contributed by atoms with Crippen LogP contribution in [-0.2, 0) is 11.3 Å². The van der Waals surface area contributed by atoms with Gasteiger partial charge in [-0.15, -0.1) is 0 Å². The number of aromatic nitrogens is 1. The van der Waals surface area contributed by atoms with Gasteiger partial charge in [0, 0.05) is 25.2 Å². The normalized spacial score (nSPS) is 22.3. The molecule has 5 heteroatoms. The Labute approximate surface area is 135 Å². The van der Waals surface area contributed by atoms with Crippen molar-refractivity contribution in [3.63, 3.8) is 0 Å². The number of aliphatic hydroxyl groups excluding tert-OH is 1. The van der Waals surface area contributed by atoms with E-state index >= 15 is 0 Å². The Kier molecular flexibility index (Phi) is 4.53. The number of ether oxygens (including phenoxy) is 1. The Balaban J connectivity index is 1.80. The second kappa shape index (κ2) is 6.43. The van der Waals surface area contributed by atoms with E-state index in [-0.39, 0.29) is 17.8 Å². The number of H-pyrrole nitrogens is 1. The topological polar surface area (TPSA) is 65.6 Å². The van der Waals surface area contributed by atoms with Crippen molar-refractivity contribution in [3.8, 4) is 0 Å². The van der Waals surface area contributed by atoms with Crippen LogP contribution in [0.2, 0.25) is 0 Å². The SMILES string of the molecule is Cc1cccc2cc(CN3C[C@H](OC(C)C)[C@@H](O)C3)c(=O)[nH]c12. The lowest BCUT2D eigenvalue weighted by Crippen LogP contribution is -2.29. The first-order valence-electron chi connectivity index (χ1n) is 8.11. The first-order chi connectivity index (χ1) is 10.9. The van der Waals surface area contributed by atoms with Crippen LogP contribution < -0.4 is 5.56 Å². The number of fused-ring (bicyclic) bond motifs is 1. The third-order valence-corrected chi connectivity index (χ3v) is 4.32. The third-order valence-electron chi connectivity index (χ3n) is 4.32. The zero-order valence-electron chi connectivity index (χ0n) is 13.9. The molecule has 2 atom stereocenters. The highest BCUT2D eigenvalue weighted by Crippen LogP contribution is 2.19. The van der Waals surface area contributed by atoms with Gasteiger partial charge in [0.1, 0.15) is 0 Å². The van der Waals surface area contributed by atoms with Crippen molar-refractivity contribution < 1.29 is 9.84 Å². The molecule has 1 aromatic carbocycles. The fraction of sp³-hybridized carbons (Fsp3) is 0.500. The Bertz CT molecular complexity index is 754. The summed E-state index contributed by atoms with van der Waals surface area (Å²) in [5.41, 5.74) is 2.62. The molecule has 0 radical (unpaired) electrons. The van der Waals surface area contributed by atoms with E-state index in [0.29, 0.717) is 19.6 Å². The predicted octanol–water partition coefficient (Wildman–Crippen LogP) is 1.81. The molecule has 2 aromatic rings. The van der Waals surface area contributed by atoms with E-state index < -0.39 is 6.10 Å². The number of pyridine rings is 1. The van der Waals surface area contributed by atoms with Gasteiger partial charge >= 0.3 is 0 Å². The first kappa shape index (κ1) is 16.2. The van der Waals surface area contributed by atoms with Crippen molar-refractivity contribution in [1.82, 2.24) is 9.88 Å².